The van der Waals surface area contributed by atoms with Crippen molar-refractivity contribution in [1.82, 2.24) is 4.90 Å². The van der Waals surface area contributed by atoms with E-state index in [-0.39, 0.29) is 38.2 Å². The van der Waals surface area contributed by atoms with Gasteiger partial charge in [0.2, 0.25) is 5.91 Å². The lowest BCUT2D eigenvalue weighted by Gasteiger charge is -2.48. The Hall–Kier alpha value is -2.06. The van der Waals surface area contributed by atoms with Crippen molar-refractivity contribution in [1.29, 1.82) is 0 Å². The number of ketones is 1. The normalized spacial score (nSPS) is 44.6. The van der Waals surface area contributed by atoms with Gasteiger partial charge in [0.05, 0.1) is 37.1 Å². The number of likely N-dealkylation sites (N-methyl/N-ethyl adjacent to an activating group) is 1. The minimum Gasteiger partial charge on any atom is -0.459 e. The largest absolute Gasteiger partial charge is 0.459 e. The van der Waals surface area contributed by atoms with Crippen molar-refractivity contribution in [2.75, 3.05) is 27.3 Å². The average Bonchev–Trinajstić information content (AvgIpc) is 2.99. The number of carbonyl (C=O) groups is 3. The summed E-state index contributed by atoms with van der Waals surface area (Å²) < 4.78 is 31.6. The number of rotatable bonds is 4. The van der Waals surface area contributed by atoms with Gasteiger partial charge in [0.15, 0.2) is 12.1 Å². The molecule has 12 heteroatoms. The van der Waals surface area contributed by atoms with E-state index in [1.807, 2.05) is 46.7 Å². The molecule has 1 amide bonds. The van der Waals surface area contributed by atoms with E-state index in [0.29, 0.717) is 12.1 Å². The fourth-order valence-electron chi connectivity index (χ4n) is 7.61. The molecule has 0 aromatic heterocycles. The predicted octanol–water partition coefficient (Wildman–Crippen LogP) is 3.11. The number of aliphatic hydroxyl groups excluding tert-OH is 1. The van der Waals surface area contributed by atoms with Gasteiger partial charge in [0.1, 0.15) is 23.7 Å². The first-order chi connectivity index (χ1) is 21.8. The second kappa shape index (κ2) is 16.1. The van der Waals surface area contributed by atoms with Gasteiger partial charge in [-0.3, -0.25) is 14.4 Å². The third kappa shape index (κ3) is 8.95. The van der Waals surface area contributed by atoms with Crippen LogP contribution in [0.4, 0.5) is 0 Å². The quantitative estimate of drug-likeness (QED) is 0.259. The Labute approximate surface area is 280 Å². The molecule has 2 saturated heterocycles. The van der Waals surface area contributed by atoms with Gasteiger partial charge < -0.3 is 38.8 Å². The smallest absolute Gasteiger partial charge is 0.316 e. The minimum absolute atomic E-state index is 0.106. The van der Waals surface area contributed by atoms with E-state index >= 15 is 0 Å². The summed E-state index contributed by atoms with van der Waals surface area (Å²) in [6.45, 7) is 15.6. The Morgan fingerprint density at radius 2 is 1.72 bits per heavy atom. The molecule has 0 spiro atoms. The third-order valence-corrected chi connectivity index (χ3v) is 10.2. The van der Waals surface area contributed by atoms with Crippen molar-refractivity contribution in [3.05, 3.63) is 12.2 Å². The van der Waals surface area contributed by atoms with Crippen LogP contribution in [0.1, 0.15) is 81.6 Å². The van der Waals surface area contributed by atoms with E-state index < -0.39 is 83.2 Å². The first kappa shape index (κ1) is 39.4. The lowest BCUT2D eigenvalue weighted by molar-refractivity contribution is -0.296. The van der Waals surface area contributed by atoms with Gasteiger partial charge in [-0.25, -0.2) is 4.99 Å². The maximum absolute atomic E-state index is 14.2. The van der Waals surface area contributed by atoms with Crippen molar-refractivity contribution < 1.29 is 48.3 Å². The van der Waals surface area contributed by atoms with Crippen molar-refractivity contribution in [3.63, 3.8) is 0 Å². The van der Waals surface area contributed by atoms with E-state index in [9.17, 15) is 24.6 Å². The van der Waals surface area contributed by atoms with Crippen LogP contribution in [-0.2, 0) is 38.1 Å². The van der Waals surface area contributed by atoms with Crippen LogP contribution in [0.25, 0.3) is 0 Å². The van der Waals surface area contributed by atoms with Crippen LogP contribution in [0.2, 0.25) is 0 Å². The summed E-state index contributed by atoms with van der Waals surface area (Å²) in [6, 6.07) is -0.264. The summed E-state index contributed by atoms with van der Waals surface area (Å²) in [7, 11) is 3.76. The van der Waals surface area contributed by atoms with Crippen LogP contribution >= 0.6 is 0 Å². The number of aliphatic imine (C=N–C) groups is 1. The zero-order valence-corrected chi connectivity index (χ0v) is 30.1. The number of hydrogen-bond acceptors (Lipinski definition) is 11. The van der Waals surface area contributed by atoms with E-state index in [4.69, 9.17) is 23.7 Å². The van der Waals surface area contributed by atoms with E-state index in [1.54, 1.807) is 32.9 Å². The molecule has 12 nitrogen and oxygen atoms in total. The molecule has 2 bridgehead atoms. The minimum atomic E-state index is -1.71. The first-order valence-electron chi connectivity index (χ1n) is 17.0. The molecule has 47 heavy (non-hydrogen) atoms. The number of cyclic esters (lactones) is 1. The number of nitrogens with zero attached hydrogens (tertiary/aromatic N) is 2. The van der Waals surface area contributed by atoms with Gasteiger partial charge in [-0.2, -0.15) is 0 Å². The zero-order chi connectivity index (χ0) is 35.4. The molecule has 268 valence electrons. The average molecular weight is 667 g/mol. The Balaban J connectivity index is 2.27. The Morgan fingerprint density at radius 3 is 2.32 bits per heavy atom. The molecule has 3 heterocycles. The van der Waals surface area contributed by atoms with Crippen molar-refractivity contribution >= 4 is 23.4 Å². The summed E-state index contributed by atoms with van der Waals surface area (Å²) >= 11 is 0. The van der Waals surface area contributed by atoms with Crippen LogP contribution in [0.3, 0.4) is 0 Å². The molecule has 3 aliphatic rings. The molecule has 0 aromatic carbocycles. The predicted molar refractivity (Wildman–Crippen MR) is 176 cm³/mol. The molecule has 0 saturated carbocycles. The number of amides is 1. The van der Waals surface area contributed by atoms with Crippen molar-refractivity contribution in [2.24, 2.45) is 28.7 Å². The van der Waals surface area contributed by atoms with Crippen LogP contribution < -0.4 is 0 Å². The van der Waals surface area contributed by atoms with Gasteiger partial charge in [0.25, 0.3) is 0 Å². The number of ether oxygens (including phenoxy) is 5. The topological polar surface area (TPSA) is 153 Å². The number of Topliss-reactive ketones (excluding diaryl/α,β-unsaturated/α-hetero) is 1. The molecular weight excluding hydrogens is 608 g/mol. The third-order valence-electron chi connectivity index (χ3n) is 10.2. The molecule has 1 unspecified atom stereocenters. The number of hydrogen-bond donors (Lipinski definition) is 2. The number of fused-ring (bicyclic) bond motifs is 5. The van der Waals surface area contributed by atoms with Crippen molar-refractivity contribution in [2.45, 2.75) is 136 Å². The van der Waals surface area contributed by atoms with Gasteiger partial charge in [-0.05, 0) is 67.0 Å². The summed E-state index contributed by atoms with van der Waals surface area (Å²) in [5, 5.41) is 23.5. The molecule has 2 N–H and O–H groups in total. The first-order valence-corrected chi connectivity index (χ1v) is 17.0. The number of esters is 1. The highest BCUT2D eigenvalue weighted by atomic mass is 16.7. The summed E-state index contributed by atoms with van der Waals surface area (Å²) in [6.07, 6.45) is -0.717. The Kier molecular flexibility index (Phi) is 13.5. The molecule has 0 aromatic rings. The maximum atomic E-state index is 14.2. The molecule has 2 fully saturated rings. The molecule has 0 radical (unpaired) electrons. The van der Waals surface area contributed by atoms with E-state index in [2.05, 4.69) is 4.99 Å². The Bertz CT molecular complexity index is 1170. The van der Waals surface area contributed by atoms with E-state index in [0.717, 1.165) is 0 Å². The lowest BCUT2D eigenvalue weighted by atomic mass is 9.73. The summed E-state index contributed by atoms with van der Waals surface area (Å²) in [4.78, 5) is 46.7. The number of aliphatic hydroxyl groups is 2. The molecule has 0 aliphatic carbocycles. The molecule has 3 rings (SSSR count). The fourth-order valence-corrected chi connectivity index (χ4v) is 7.61. The standard InChI is InChI=1S/C35H58N2O10/c1-12-26-35(9,42)31-21(4)27(36-24(7)38)19(2)18-34(8,44-16-14-13-15-43-31)30(22(5)28(39)23(6)32(41)46-26)47-33-29(40)25(37(10)11)17-20(3)45-33/h13-14,19-23,25-26,29-31,33,40,42H,12,15-18H2,1-11H3/b14-13+,36-27?/t19-,20-,21+,22+,23-,25+,26-,29-,30-,31?,33+,34-,35-/m1/s1. The van der Waals surface area contributed by atoms with Crippen molar-refractivity contribution in [3.8, 4) is 0 Å². The van der Waals surface area contributed by atoms with Gasteiger partial charge >= 0.3 is 5.97 Å². The lowest BCUT2D eigenvalue weighted by Crippen LogP contribution is -2.60. The van der Waals surface area contributed by atoms with Crippen LogP contribution in [-0.4, -0.2) is 120 Å². The van der Waals surface area contributed by atoms with Gasteiger partial charge in [-0.1, -0.05) is 39.8 Å². The van der Waals surface area contributed by atoms with E-state index in [1.165, 1.54) is 13.8 Å². The van der Waals surface area contributed by atoms with Crippen LogP contribution in [0, 0.1) is 23.7 Å². The number of carbonyl (C=O) groups excluding carboxylic acids is 3. The highest BCUT2D eigenvalue weighted by molar-refractivity contribution is 6.00. The maximum Gasteiger partial charge on any atom is 0.316 e. The molecule has 13 atom stereocenters. The fraction of sp³-hybridized carbons (Fsp3) is 0.829. The highest BCUT2D eigenvalue weighted by Gasteiger charge is 2.52. The summed E-state index contributed by atoms with van der Waals surface area (Å²) in [5.74, 6) is -4.80. The molecule has 3 aliphatic heterocycles. The molecular formula is C35H58N2O10. The second-order valence-corrected chi connectivity index (χ2v) is 14.4. The summed E-state index contributed by atoms with van der Waals surface area (Å²) in [5.41, 5.74) is -2.45. The SMILES string of the molecule is CC[C@H]1OC(=O)[C@H](C)C(=O)[C@H](C)[C@@H](O[C@@H]2O[C@H](C)C[C@H](N(C)C)[C@H]2O)[C@@]2(C)C[C@@H](C)C(=NC(C)=O)[C@H](C)C(OC/C=C/CO2)[C@]1(C)O. The monoisotopic (exact) mass is 666 g/mol. The van der Waals surface area contributed by atoms with Crippen LogP contribution in [0.15, 0.2) is 17.1 Å². The van der Waals surface area contributed by atoms with Crippen LogP contribution in [0.5, 0.6) is 0 Å². The zero-order valence-electron chi connectivity index (χ0n) is 30.1. The van der Waals surface area contributed by atoms with Gasteiger partial charge in [0, 0.05) is 30.5 Å². The highest BCUT2D eigenvalue weighted by Crippen LogP contribution is 2.39. The van der Waals surface area contributed by atoms with Gasteiger partial charge in [-0.15, -0.1) is 0 Å². The second-order valence-electron chi connectivity index (χ2n) is 14.4. The Morgan fingerprint density at radius 1 is 1.09 bits per heavy atom.